The molecule has 1 aliphatic heterocycles. The summed E-state index contributed by atoms with van der Waals surface area (Å²) in [6, 6.07) is 15.0. The lowest BCUT2D eigenvalue weighted by Crippen LogP contribution is -2.20. The van der Waals surface area contributed by atoms with Crippen LogP contribution in [0.25, 0.3) is 49.2 Å². The van der Waals surface area contributed by atoms with E-state index < -0.39 is 0 Å². The molecule has 3 N–H and O–H groups in total. The van der Waals surface area contributed by atoms with Gasteiger partial charge >= 0.3 is 0 Å². The van der Waals surface area contributed by atoms with E-state index in [4.69, 9.17) is 0 Å². The highest BCUT2D eigenvalue weighted by atomic mass is 32.1. The minimum atomic E-state index is 0.904. The van der Waals surface area contributed by atoms with E-state index in [0.29, 0.717) is 0 Å². The maximum absolute atomic E-state index is 4.65. The van der Waals surface area contributed by atoms with Crippen molar-refractivity contribution in [1.29, 1.82) is 0 Å². The van der Waals surface area contributed by atoms with Crippen LogP contribution in [0.5, 0.6) is 0 Å². The molecular formula is C23H19N5S. The monoisotopic (exact) mass is 397 g/mol. The lowest BCUT2D eigenvalue weighted by Gasteiger charge is -2.13. The summed E-state index contributed by atoms with van der Waals surface area (Å²) in [5.74, 6) is 0. The lowest BCUT2D eigenvalue weighted by atomic mass is 10.0. The van der Waals surface area contributed by atoms with E-state index in [9.17, 15) is 0 Å². The number of aromatic nitrogens is 4. The maximum atomic E-state index is 4.65. The van der Waals surface area contributed by atoms with Gasteiger partial charge in [0.2, 0.25) is 0 Å². The van der Waals surface area contributed by atoms with E-state index in [1.807, 2.05) is 6.20 Å². The van der Waals surface area contributed by atoms with Gasteiger partial charge in [-0.15, -0.1) is 11.3 Å². The normalized spacial score (nSPS) is 14.6. The predicted molar refractivity (Wildman–Crippen MR) is 120 cm³/mol. The smallest absolute Gasteiger partial charge is 0.116 e. The molecule has 0 radical (unpaired) electrons. The first-order valence-electron chi connectivity index (χ1n) is 9.77. The lowest BCUT2D eigenvalue weighted by molar-refractivity contribution is 0.737. The van der Waals surface area contributed by atoms with Crippen LogP contribution in [0.4, 0.5) is 0 Å². The summed E-state index contributed by atoms with van der Waals surface area (Å²) in [6.45, 7) is 1.90. The Bertz CT molecular complexity index is 1360. The van der Waals surface area contributed by atoms with Crippen LogP contribution >= 0.6 is 11.3 Å². The Morgan fingerprint density at radius 1 is 1.00 bits per heavy atom. The van der Waals surface area contributed by atoms with Gasteiger partial charge < -0.3 is 10.3 Å². The molecule has 6 rings (SSSR count). The molecule has 5 nitrogen and oxygen atoms in total. The van der Waals surface area contributed by atoms with Gasteiger partial charge in [0.05, 0.1) is 23.1 Å². The first-order chi connectivity index (χ1) is 14.4. The molecule has 0 bridgehead atoms. The molecular weight excluding hydrogens is 378 g/mol. The number of aromatic amines is 2. The summed E-state index contributed by atoms with van der Waals surface area (Å²) in [6.07, 6.45) is 5.12. The van der Waals surface area contributed by atoms with Crippen LogP contribution in [0.1, 0.15) is 12.1 Å². The van der Waals surface area contributed by atoms with Crippen molar-refractivity contribution < 1.29 is 0 Å². The van der Waals surface area contributed by atoms with Crippen molar-refractivity contribution >= 4 is 38.7 Å². The van der Waals surface area contributed by atoms with Crippen molar-refractivity contribution in [2.75, 3.05) is 13.1 Å². The van der Waals surface area contributed by atoms with Gasteiger partial charge in [-0.3, -0.25) is 10.1 Å². The van der Waals surface area contributed by atoms with Crippen molar-refractivity contribution in [1.82, 2.24) is 25.5 Å². The molecule has 5 aromatic rings. The van der Waals surface area contributed by atoms with Crippen molar-refractivity contribution in [2.45, 2.75) is 6.42 Å². The number of fused-ring (bicyclic) bond motifs is 2. The second kappa shape index (κ2) is 6.69. The van der Waals surface area contributed by atoms with E-state index in [-0.39, 0.29) is 0 Å². The fraction of sp³-hybridized carbons (Fsp3) is 0.130. The Balaban J connectivity index is 1.50. The number of hydrogen-bond donors (Lipinski definition) is 3. The van der Waals surface area contributed by atoms with Gasteiger partial charge in [0.25, 0.3) is 0 Å². The third-order valence-electron chi connectivity index (χ3n) is 5.55. The van der Waals surface area contributed by atoms with Crippen LogP contribution in [0.15, 0.2) is 60.1 Å². The molecule has 0 saturated carbocycles. The van der Waals surface area contributed by atoms with E-state index in [1.54, 1.807) is 11.3 Å². The van der Waals surface area contributed by atoms with E-state index in [1.165, 1.54) is 21.4 Å². The molecule has 0 saturated heterocycles. The Kier molecular flexibility index (Phi) is 3.85. The molecule has 4 aromatic heterocycles. The second-order valence-corrected chi connectivity index (χ2v) is 8.25. The molecule has 0 fully saturated rings. The van der Waals surface area contributed by atoms with Gasteiger partial charge in [-0.25, -0.2) is 0 Å². The molecule has 1 aliphatic rings. The fourth-order valence-electron chi connectivity index (χ4n) is 4.08. The molecule has 0 atom stereocenters. The zero-order chi connectivity index (χ0) is 19.2. The Morgan fingerprint density at radius 2 is 2.00 bits per heavy atom. The standard InChI is InChI=1S/C23H19N5S/c1-3-15(22-5-2-10-29-22)16-11-20(26-18(16)4-1)23-17-12-19(14-6-8-24-9-7-14)25-13-21(17)27-28-23/h1-6,10-13,24,26H,7-9H2,(H,27,28). The van der Waals surface area contributed by atoms with Crippen LogP contribution in [0.2, 0.25) is 0 Å². The number of benzene rings is 1. The van der Waals surface area contributed by atoms with Gasteiger partial charge in [0.1, 0.15) is 5.69 Å². The fourth-order valence-corrected chi connectivity index (χ4v) is 4.85. The molecule has 142 valence electrons. The minimum Gasteiger partial charge on any atom is -0.353 e. The van der Waals surface area contributed by atoms with Crippen molar-refractivity contribution in [3.8, 4) is 21.8 Å². The predicted octanol–water partition coefficient (Wildman–Crippen LogP) is 5.21. The number of pyridine rings is 1. The Morgan fingerprint density at radius 3 is 2.86 bits per heavy atom. The molecule has 0 unspecified atom stereocenters. The van der Waals surface area contributed by atoms with Gasteiger partial charge in [-0.2, -0.15) is 5.10 Å². The quantitative estimate of drug-likeness (QED) is 0.391. The third kappa shape index (κ3) is 2.80. The van der Waals surface area contributed by atoms with Crippen LogP contribution in [-0.4, -0.2) is 33.3 Å². The second-order valence-electron chi connectivity index (χ2n) is 7.30. The number of rotatable bonds is 3. The largest absolute Gasteiger partial charge is 0.353 e. The molecule has 0 spiro atoms. The van der Waals surface area contributed by atoms with Crippen molar-refractivity contribution in [3.05, 3.63) is 65.8 Å². The Hall–Kier alpha value is -3.22. The topological polar surface area (TPSA) is 69.4 Å². The Labute approximate surface area is 171 Å². The van der Waals surface area contributed by atoms with E-state index >= 15 is 0 Å². The number of nitrogens with one attached hydrogen (secondary N) is 3. The van der Waals surface area contributed by atoms with Gasteiger partial charge in [-0.05, 0) is 48.2 Å². The van der Waals surface area contributed by atoms with Crippen LogP contribution in [-0.2, 0) is 0 Å². The maximum Gasteiger partial charge on any atom is 0.116 e. The minimum absolute atomic E-state index is 0.904. The molecule has 0 aliphatic carbocycles. The zero-order valence-electron chi connectivity index (χ0n) is 15.7. The zero-order valence-corrected chi connectivity index (χ0v) is 16.5. The highest BCUT2D eigenvalue weighted by Gasteiger charge is 2.16. The van der Waals surface area contributed by atoms with Crippen LogP contribution in [0.3, 0.4) is 0 Å². The molecule has 0 amide bonds. The first kappa shape index (κ1) is 16.7. The number of hydrogen-bond acceptors (Lipinski definition) is 4. The summed E-state index contributed by atoms with van der Waals surface area (Å²) >= 11 is 1.76. The third-order valence-corrected chi connectivity index (χ3v) is 6.45. The van der Waals surface area contributed by atoms with Gasteiger partial charge in [0, 0.05) is 33.3 Å². The SMILES string of the molecule is C1=C(c2cc3c(-c4cc5c(-c6cccs6)cccc5[nH]4)n[nH]c3cn2)CCNC1. The number of nitrogens with zero attached hydrogens (tertiary/aromatic N) is 2. The summed E-state index contributed by atoms with van der Waals surface area (Å²) in [4.78, 5) is 9.50. The van der Waals surface area contributed by atoms with E-state index in [2.05, 4.69) is 79.4 Å². The highest BCUT2D eigenvalue weighted by molar-refractivity contribution is 7.13. The van der Waals surface area contributed by atoms with Crippen LogP contribution in [0, 0.1) is 0 Å². The summed E-state index contributed by atoms with van der Waals surface area (Å²) < 4.78 is 0. The van der Waals surface area contributed by atoms with Crippen LogP contribution < -0.4 is 5.32 Å². The summed E-state index contributed by atoms with van der Waals surface area (Å²) in [5.41, 5.74) is 7.62. The van der Waals surface area contributed by atoms with Crippen molar-refractivity contribution in [2.24, 2.45) is 0 Å². The molecule has 5 heterocycles. The average Bonchev–Trinajstić information content (AvgIpc) is 3.52. The molecule has 29 heavy (non-hydrogen) atoms. The highest BCUT2D eigenvalue weighted by Crippen LogP contribution is 2.36. The number of thiophene rings is 1. The number of H-pyrrole nitrogens is 2. The van der Waals surface area contributed by atoms with Gasteiger partial charge in [-0.1, -0.05) is 24.3 Å². The summed E-state index contributed by atoms with van der Waals surface area (Å²) in [7, 11) is 0. The van der Waals surface area contributed by atoms with Gasteiger partial charge in [0.15, 0.2) is 0 Å². The molecule has 1 aromatic carbocycles. The summed E-state index contributed by atoms with van der Waals surface area (Å²) in [5, 5.41) is 15.5. The molecule has 6 heteroatoms. The average molecular weight is 398 g/mol. The van der Waals surface area contributed by atoms with Crippen molar-refractivity contribution in [3.63, 3.8) is 0 Å². The first-order valence-corrected chi connectivity index (χ1v) is 10.6. The van der Waals surface area contributed by atoms with E-state index in [0.717, 1.165) is 53.0 Å².